The largest absolute Gasteiger partial charge is 0.489 e. The molecule has 0 aliphatic carbocycles. The van der Waals surface area contributed by atoms with Crippen LogP contribution in [-0.2, 0) is 13.7 Å². The van der Waals surface area contributed by atoms with E-state index < -0.39 is 0 Å². The maximum atomic E-state index is 5.86. The van der Waals surface area contributed by atoms with E-state index in [0.717, 1.165) is 45.3 Å². The highest BCUT2D eigenvalue weighted by Crippen LogP contribution is 2.24. The number of imidazole rings is 1. The van der Waals surface area contributed by atoms with Crippen LogP contribution in [0.5, 0.6) is 5.75 Å². The molecule has 3 heterocycles. The first-order valence-electron chi connectivity index (χ1n) is 9.38. The van der Waals surface area contributed by atoms with E-state index >= 15 is 0 Å². The molecule has 0 saturated carbocycles. The van der Waals surface area contributed by atoms with Crippen LogP contribution < -0.4 is 4.74 Å². The van der Waals surface area contributed by atoms with Crippen molar-refractivity contribution in [3.05, 3.63) is 84.6 Å². The summed E-state index contributed by atoms with van der Waals surface area (Å²) in [5.74, 6) is 1.60. The van der Waals surface area contributed by atoms with Gasteiger partial charge in [-0.25, -0.2) is 9.97 Å². The van der Waals surface area contributed by atoms with E-state index in [1.54, 1.807) is 4.68 Å². The summed E-state index contributed by atoms with van der Waals surface area (Å²) in [5.41, 5.74) is 5.35. The van der Waals surface area contributed by atoms with E-state index in [-0.39, 0.29) is 0 Å². The Balaban J connectivity index is 1.36. The van der Waals surface area contributed by atoms with Crippen LogP contribution in [0, 0.1) is 0 Å². The Morgan fingerprint density at radius 3 is 2.45 bits per heavy atom. The highest BCUT2D eigenvalue weighted by molar-refractivity contribution is 5.78. The van der Waals surface area contributed by atoms with E-state index in [0.29, 0.717) is 6.61 Å². The van der Waals surface area contributed by atoms with E-state index in [1.165, 1.54) is 0 Å². The quantitative estimate of drug-likeness (QED) is 0.483. The van der Waals surface area contributed by atoms with Crippen molar-refractivity contribution in [3.63, 3.8) is 0 Å². The Morgan fingerprint density at radius 2 is 1.69 bits per heavy atom. The first kappa shape index (κ1) is 17.2. The molecule has 0 amide bonds. The standard InChI is InChI=1S/C23H19N5O/c1-28-14-13-20(27-28)19-11-12-21-23(24-19)26-22(25-21)17-7-9-18(10-8-17)29-15-16-5-3-2-4-6-16/h2-14H,15H2,1H3,(H,24,25,26). The van der Waals surface area contributed by atoms with Gasteiger partial charge in [-0.3, -0.25) is 4.68 Å². The van der Waals surface area contributed by atoms with Gasteiger partial charge in [0.2, 0.25) is 0 Å². The summed E-state index contributed by atoms with van der Waals surface area (Å²) in [6.45, 7) is 0.547. The average Bonchev–Trinajstić information content (AvgIpc) is 3.39. The van der Waals surface area contributed by atoms with Crippen molar-refractivity contribution < 1.29 is 4.74 Å². The predicted molar refractivity (Wildman–Crippen MR) is 112 cm³/mol. The smallest absolute Gasteiger partial charge is 0.158 e. The number of ether oxygens (including phenoxy) is 1. The summed E-state index contributed by atoms with van der Waals surface area (Å²) >= 11 is 0. The summed E-state index contributed by atoms with van der Waals surface area (Å²) in [6, 6.07) is 23.9. The lowest BCUT2D eigenvalue weighted by Gasteiger charge is -2.06. The Morgan fingerprint density at radius 1 is 0.862 bits per heavy atom. The van der Waals surface area contributed by atoms with Crippen LogP contribution in [0.3, 0.4) is 0 Å². The Bertz CT molecular complexity index is 1260. The molecule has 0 saturated heterocycles. The predicted octanol–water partition coefficient (Wildman–Crippen LogP) is 4.60. The lowest BCUT2D eigenvalue weighted by Crippen LogP contribution is -1.94. The van der Waals surface area contributed by atoms with Crippen molar-refractivity contribution in [2.75, 3.05) is 0 Å². The summed E-state index contributed by atoms with van der Waals surface area (Å²) in [6.07, 6.45) is 1.90. The Kier molecular flexibility index (Phi) is 4.29. The highest BCUT2D eigenvalue weighted by atomic mass is 16.5. The Hall–Kier alpha value is -3.93. The molecule has 5 aromatic rings. The molecule has 29 heavy (non-hydrogen) atoms. The number of hydrogen-bond donors (Lipinski definition) is 1. The van der Waals surface area contributed by atoms with E-state index in [2.05, 4.69) is 32.2 Å². The van der Waals surface area contributed by atoms with Crippen molar-refractivity contribution in [1.29, 1.82) is 0 Å². The number of hydrogen-bond acceptors (Lipinski definition) is 4. The normalized spacial score (nSPS) is 11.1. The monoisotopic (exact) mass is 381 g/mol. The van der Waals surface area contributed by atoms with Gasteiger partial charge in [-0.2, -0.15) is 5.10 Å². The van der Waals surface area contributed by atoms with Crippen molar-refractivity contribution >= 4 is 11.2 Å². The molecular formula is C23H19N5O. The molecule has 1 N–H and O–H groups in total. The summed E-state index contributed by atoms with van der Waals surface area (Å²) in [5, 5.41) is 4.41. The van der Waals surface area contributed by atoms with Gasteiger partial charge in [-0.1, -0.05) is 30.3 Å². The minimum Gasteiger partial charge on any atom is -0.489 e. The molecule has 0 aliphatic rings. The van der Waals surface area contributed by atoms with Gasteiger partial charge in [0.1, 0.15) is 29.4 Å². The van der Waals surface area contributed by atoms with Crippen LogP contribution in [0.4, 0.5) is 0 Å². The summed E-state index contributed by atoms with van der Waals surface area (Å²) in [4.78, 5) is 12.6. The highest BCUT2D eigenvalue weighted by Gasteiger charge is 2.10. The molecule has 142 valence electrons. The molecule has 0 unspecified atom stereocenters. The fraction of sp³-hybridized carbons (Fsp3) is 0.0870. The van der Waals surface area contributed by atoms with Gasteiger partial charge in [-0.05, 0) is 48.0 Å². The van der Waals surface area contributed by atoms with Crippen LogP contribution in [0.25, 0.3) is 33.9 Å². The van der Waals surface area contributed by atoms with Gasteiger partial charge in [0.15, 0.2) is 5.65 Å². The zero-order valence-electron chi connectivity index (χ0n) is 15.9. The molecule has 5 rings (SSSR count). The first-order chi connectivity index (χ1) is 14.2. The van der Waals surface area contributed by atoms with E-state index in [4.69, 9.17) is 4.74 Å². The lowest BCUT2D eigenvalue weighted by atomic mass is 10.2. The third-order valence-corrected chi connectivity index (χ3v) is 4.70. The summed E-state index contributed by atoms with van der Waals surface area (Å²) in [7, 11) is 1.89. The molecule has 0 spiro atoms. The molecule has 6 nitrogen and oxygen atoms in total. The SMILES string of the molecule is Cn1ccc(-c2ccc3nc(-c4ccc(OCc5ccccc5)cc4)[nH]c3n2)n1. The third-order valence-electron chi connectivity index (χ3n) is 4.70. The van der Waals surface area contributed by atoms with E-state index in [1.807, 2.05) is 73.9 Å². The molecule has 0 bridgehead atoms. The van der Waals surface area contributed by atoms with Gasteiger partial charge in [-0.15, -0.1) is 0 Å². The average molecular weight is 381 g/mol. The summed E-state index contributed by atoms with van der Waals surface area (Å²) < 4.78 is 7.62. The zero-order chi connectivity index (χ0) is 19.6. The van der Waals surface area contributed by atoms with Gasteiger partial charge in [0.05, 0.1) is 5.69 Å². The first-order valence-corrected chi connectivity index (χ1v) is 9.38. The number of benzene rings is 2. The molecule has 0 aliphatic heterocycles. The number of aromatic nitrogens is 5. The maximum Gasteiger partial charge on any atom is 0.158 e. The number of pyridine rings is 1. The van der Waals surface area contributed by atoms with Crippen LogP contribution in [0.1, 0.15) is 5.56 Å². The number of aromatic amines is 1. The number of fused-ring (bicyclic) bond motifs is 1. The second-order valence-electron chi connectivity index (χ2n) is 6.82. The van der Waals surface area contributed by atoms with E-state index in [9.17, 15) is 0 Å². The van der Waals surface area contributed by atoms with Crippen molar-refractivity contribution in [1.82, 2.24) is 24.7 Å². The third kappa shape index (κ3) is 3.60. The van der Waals surface area contributed by atoms with Gasteiger partial charge in [0, 0.05) is 18.8 Å². The second kappa shape index (κ2) is 7.24. The van der Waals surface area contributed by atoms with Crippen LogP contribution in [0.15, 0.2) is 79.0 Å². The fourth-order valence-electron chi connectivity index (χ4n) is 3.18. The minimum atomic E-state index is 0.547. The molecule has 0 fully saturated rings. The van der Waals surface area contributed by atoms with Crippen molar-refractivity contribution in [2.24, 2.45) is 7.05 Å². The number of nitrogens with one attached hydrogen (secondary N) is 1. The maximum absolute atomic E-state index is 5.86. The lowest BCUT2D eigenvalue weighted by molar-refractivity contribution is 0.306. The number of H-pyrrole nitrogens is 1. The number of nitrogens with zero attached hydrogens (tertiary/aromatic N) is 4. The van der Waals surface area contributed by atoms with Gasteiger partial charge in [0.25, 0.3) is 0 Å². The molecule has 0 atom stereocenters. The Labute approximate surface area is 167 Å². The number of aryl methyl sites for hydroxylation is 1. The molecular weight excluding hydrogens is 362 g/mol. The molecule has 3 aromatic heterocycles. The fourth-order valence-corrected chi connectivity index (χ4v) is 3.18. The van der Waals surface area contributed by atoms with Gasteiger partial charge < -0.3 is 9.72 Å². The van der Waals surface area contributed by atoms with Crippen LogP contribution >= 0.6 is 0 Å². The zero-order valence-corrected chi connectivity index (χ0v) is 15.9. The van der Waals surface area contributed by atoms with Crippen molar-refractivity contribution in [3.8, 4) is 28.5 Å². The van der Waals surface area contributed by atoms with Crippen LogP contribution in [0.2, 0.25) is 0 Å². The molecule has 0 radical (unpaired) electrons. The second-order valence-corrected chi connectivity index (χ2v) is 6.82. The van der Waals surface area contributed by atoms with Crippen molar-refractivity contribution in [2.45, 2.75) is 6.61 Å². The van der Waals surface area contributed by atoms with Gasteiger partial charge >= 0.3 is 0 Å². The number of rotatable bonds is 5. The van der Waals surface area contributed by atoms with Crippen LogP contribution in [-0.4, -0.2) is 24.7 Å². The minimum absolute atomic E-state index is 0.547. The molecule has 6 heteroatoms. The molecule has 2 aromatic carbocycles. The topological polar surface area (TPSA) is 68.6 Å².